The zero-order valence-corrected chi connectivity index (χ0v) is 15.8. The molecule has 1 aromatic heterocycles. The second-order valence-corrected chi connectivity index (χ2v) is 8.62. The summed E-state index contributed by atoms with van der Waals surface area (Å²) >= 11 is 3.31. The van der Waals surface area contributed by atoms with Crippen LogP contribution in [0.4, 0.5) is 0 Å². The second kappa shape index (κ2) is 7.65. The average Bonchev–Trinajstić information content (AvgIpc) is 2.57. The molecule has 134 valence electrons. The van der Waals surface area contributed by atoms with E-state index >= 15 is 0 Å². The Bertz CT molecular complexity index is 671. The minimum atomic E-state index is -3.76. The number of nitrogens with zero attached hydrogens (tertiary/aromatic N) is 2. The molecule has 0 aliphatic carbocycles. The van der Waals surface area contributed by atoms with E-state index in [-0.39, 0.29) is 11.0 Å². The van der Waals surface area contributed by atoms with Gasteiger partial charge in [-0.1, -0.05) is 0 Å². The van der Waals surface area contributed by atoms with Crippen molar-refractivity contribution in [3.8, 4) is 5.88 Å². The molecule has 2 aliphatic rings. The molecule has 2 aliphatic heterocycles. The summed E-state index contributed by atoms with van der Waals surface area (Å²) in [7, 11) is -3.76. The van der Waals surface area contributed by atoms with Crippen LogP contribution in [-0.2, 0) is 14.8 Å². The number of likely N-dealkylation sites (tertiary alicyclic amines) is 1. The molecule has 1 aromatic rings. The van der Waals surface area contributed by atoms with E-state index in [1.54, 1.807) is 0 Å². The number of ether oxygens (including phenoxy) is 2. The van der Waals surface area contributed by atoms with Gasteiger partial charge in [-0.25, -0.2) is 18.5 Å². The van der Waals surface area contributed by atoms with Crippen molar-refractivity contribution in [2.75, 3.05) is 26.3 Å². The molecule has 0 radical (unpaired) electrons. The highest BCUT2D eigenvalue weighted by atomic mass is 79.9. The van der Waals surface area contributed by atoms with E-state index < -0.39 is 10.0 Å². The zero-order valence-electron chi connectivity index (χ0n) is 13.4. The van der Waals surface area contributed by atoms with E-state index in [9.17, 15) is 8.42 Å². The van der Waals surface area contributed by atoms with E-state index in [0.717, 1.165) is 52.0 Å². The van der Waals surface area contributed by atoms with Crippen LogP contribution in [0.15, 0.2) is 21.6 Å². The van der Waals surface area contributed by atoms with Gasteiger partial charge in [0.25, 0.3) is 0 Å². The molecular weight excluding hydrogens is 398 g/mol. The van der Waals surface area contributed by atoms with Crippen molar-refractivity contribution in [3.05, 3.63) is 16.7 Å². The molecule has 24 heavy (non-hydrogen) atoms. The lowest BCUT2D eigenvalue weighted by molar-refractivity contribution is 0.00933. The van der Waals surface area contributed by atoms with Crippen LogP contribution in [0.1, 0.15) is 25.7 Å². The van der Waals surface area contributed by atoms with E-state index in [1.807, 2.05) is 0 Å². The number of rotatable bonds is 4. The summed E-state index contributed by atoms with van der Waals surface area (Å²) in [6.45, 7) is 3.72. The van der Waals surface area contributed by atoms with E-state index in [1.165, 1.54) is 12.3 Å². The molecule has 0 saturated carbocycles. The highest BCUT2D eigenvalue weighted by Crippen LogP contribution is 2.28. The number of hydrogen-bond donors (Lipinski definition) is 1. The highest BCUT2D eigenvalue weighted by Gasteiger charge is 2.27. The van der Waals surface area contributed by atoms with E-state index in [0.29, 0.717) is 16.4 Å². The van der Waals surface area contributed by atoms with Crippen LogP contribution in [-0.4, -0.2) is 56.8 Å². The van der Waals surface area contributed by atoms with Crippen LogP contribution < -0.4 is 9.88 Å². The van der Waals surface area contributed by atoms with Crippen molar-refractivity contribution in [2.45, 2.75) is 42.7 Å². The van der Waals surface area contributed by atoms with Gasteiger partial charge in [0.2, 0.25) is 15.9 Å². The SMILES string of the molecule is NS(=O)(=O)c1cnc(OC2CCN(C3CCOCC3)CC2)c(Br)c1. The molecule has 0 bridgehead atoms. The van der Waals surface area contributed by atoms with Gasteiger partial charge in [-0.3, -0.25) is 4.90 Å². The lowest BCUT2D eigenvalue weighted by Gasteiger charge is -2.39. The third-order valence-corrected chi connectivity index (χ3v) is 6.02. The molecule has 3 rings (SSSR count). The Labute approximate surface area is 150 Å². The molecule has 9 heteroatoms. The Morgan fingerprint density at radius 3 is 2.50 bits per heavy atom. The molecule has 0 unspecified atom stereocenters. The number of piperidine rings is 1. The Balaban J connectivity index is 1.56. The van der Waals surface area contributed by atoms with Gasteiger partial charge < -0.3 is 9.47 Å². The van der Waals surface area contributed by atoms with Crippen molar-refractivity contribution in [2.24, 2.45) is 5.14 Å². The Morgan fingerprint density at radius 2 is 1.92 bits per heavy atom. The summed E-state index contributed by atoms with van der Waals surface area (Å²) in [6.07, 6.45) is 5.39. The van der Waals surface area contributed by atoms with Crippen molar-refractivity contribution in [1.29, 1.82) is 0 Å². The fraction of sp³-hybridized carbons (Fsp3) is 0.667. The van der Waals surface area contributed by atoms with Crippen LogP contribution in [0, 0.1) is 0 Å². The average molecular weight is 420 g/mol. The van der Waals surface area contributed by atoms with Crippen molar-refractivity contribution >= 4 is 26.0 Å². The van der Waals surface area contributed by atoms with Crippen LogP contribution in [0.5, 0.6) is 5.88 Å². The number of aromatic nitrogens is 1. The fourth-order valence-electron chi connectivity index (χ4n) is 3.22. The molecule has 2 saturated heterocycles. The van der Waals surface area contributed by atoms with Gasteiger partial charge in [-0.15, -0.1) is 0 Å². The Hall–Kier alpha value is -0.740. The minimum Gasteiger partial charge on any atom is -0.473 e. The summed E-state index contributed by atoms with van der Waals surface area (Å²) < 4.78 is 34.5. The molecule has 2 fully saturated rings. The molecule has 3 heterocycles. The van der Waals surface area contributed by atoms with Gasteiger partial charge in [0.15, 0.2) is 0 Å². The number of halogens is 1. The monoisotopic (exact) mass is 419 g/mol. The van der Waals surface area contributed by atoms with Crippen LogP contribution in [0.2, 0.25) is 0 Å². The summed E-state index contributed by atoms with van der Waals surface area (Å²) in [5.41, 5.74) is 0. The van der Waals surface area contributed by atoms with Crippen molar-refractivity contribution < 1.29 is 17.9 Å². The molecule has 0 amide bonds. The third kappa shape index (κ3) is 4.45. The first kappa shape index (κ1) is 18.1. The first-order valence-electron chi connectivity index (χ1n) is 8.10. The first-order chi connectivity index (χ1) is 11.4. The van der Waals surface area contributed by atoms with Gasteiger partial charge in [0.05, 0.1) is 10.7 Å². The molecule has 2 N–H and O–H groups in total. The lowest BCUT2D eigenvalue weighted by Crippen LogP contribution is -2.46. The van der Waals surface area contributed by atoms with Crippen molar-refractivity contribution in [1.82, 2.24) is 9.88 Å². The minimum absolute atomic E-state index is 0.0314. The fourth-order valence-corrected chi connectivity index (χ4v) is 4.29. The summed E-state index contributed by atoms with van der Waals surface area (Å²) in [6, 6.07) is 2.05. The number of pyridine rings is 1. The van der Waals surface area contributed by atoms with Gasteiger partial charge in [-0.05, 0) is 47.7 Å². The molecule has 7 nitrogen and oxygen atoms in total. The topological polar surface area (TPSA) is 94.8 Å². The van der Waals surface area contributed by atoms with Crippen LogP contribution in [0.25, 0.3) is 0 Å². The van der Waals surface area contributed by atoms with Crippen LogP contribution in [0.3, 0.4) is 0 Å². The van der Waals surface area contributed by atoms with E-state index in [4.69, 9.17) is 14.6 Å². The maximum atomic E-state index is 11.3. The predicted octanol–water partition coefficient (Wildman–Crippen LogP) is 1.51. The molecule has 0 aromatic carbocycles. The standard InChI is InChI=1S/C15H22BrN3O4S/c16-14-9-13(24(17,20)21)10-18-15(14)23-12-1-5-19(6-2-12)11-3-7-22-8-4-11/h9-12H,1-8H2,(H2,17,20,21). The Morgan fingerprint density at radius 1 is 1.25 bits per heavy atom. The zero-order chi connectivity index (χ0) is 17.2. The van der Waals surface area contributed by atoms with Gasteiger partial charge in [0, 0.05) is 32.3 Å². The number of hydrogen-bond acceptors (Lipinski definition) is 6. The van der Waals surface area contributed by atoms with Gasteiger partial charge in [-0.2, -0.15) is 0 Å². The van der Waals surface area contributed by atoms with E-state index in [2.05, 4.69) is 25.8 Å². The largest absolute Gasteiger partial charge is 0.473 e. The molecule has 0 spiro atoms. The number of nitrogens with two attached hydrogens (primary N) is 1. The predicted molar refractivity (Wildman–Crippen MR) is 92.4 cm³/mol. The van der Waals surface area contributed by atoms with Gasteiger partial charge >= 0.3 is 0 Å². The lowest BCUT2D eigenvalue weighted by atomic mass is 10.0. The maximum Gasteiger partial charge on any atom is 0.239 e. The second-order valence-electron chi connectivity index (χ2n) is 6.20. The highest BCUT2D eigenvalue weighted by molar-refractivity contribution is 9.10. The summed E-state index contributed by atoms with van der Waals surface area (Å²) in [5, 5.41) is 5.10. The third-order valence-electron chi connectivity index (χ3n) is 4.57. The first-order valence-corrected chi connectivity index (χ1v) is 10.4. The van der Waals surface area contributed by atoms with Gasteiger partial charge in [0.1, 0.15) is 11.0 Å². The smallest absolute Gasteiger partial charge is 0.239 e. The maximum absolute atomic E-state index is 11.3. The normalized spacial score (nSPS) is 21.8. The quantitative estimate of drug-likeness (QED) is 0.794. The molecule has 0 atom stereocenters. The summed E-state index contributed by atoms with van der Waals surface area (Å²) in [4.78, 5) is 6.58. The van der Waals surface area contributed by atoms with Crippen LogP contribution >= 0.6 is 15.9 Å². The molecular formula is C15H22BrN3O4S. The summed E-state index contributed by atoms with van der Waals surface area (Å²) in [5.74, 6) is 0.409. The Kier molecular flexibility index (Phi) is 5.76. The number of sulfonamides is 1. The van der Waals surface area contributed by atoms with Crippen molar-refractivity contribution in [3.63, 3.8) is 0 Å². The number of primary sulfonamides is 1.